The van der Waals surface area contributed by atoms with Gasteiger partial charge in [0.05, 0.1) is 6.61 Å². The number of halogens is 1. The molecule has 3 rings (SSSR count). The largest absolute Gasteiger partial charge is 0.490 e. The quantitative estimate of drug-likeness (QED) is 0.401. The average Bonchev–Trinajstić information content (AvgIpc) is 2.73. The highest BCUT2D eigenvalue weighted by atomic mass is 32.1. The zero-order valence-corrected chi connectivity index (χ0v) is 17.7. The SMILES string of the molecule is CCOc1cc(C=C2C(=O)N(C)C(=S)N(C)C2=O)ccc1OCc1cccc(F)c1. The first-order valence-electron chi connectivity index (χ1n) is 9.27. The number of hydrogen-bond donors (Lipinski definition) is 0. The Balaban J connectivity index is 1.87. The molecule has 0 aliphatic carbocycles. The highest BCUT2D eigenvalue weighted by Gasteiger charge is 2.35. The molecule has 0 bridgehead atoms. The van der Waals surface area contributed by atoms with E-state index < -0.39 is 11.8 Å². The Hall–Kier alpha value is -3.26. The van der Waals surface area contributed by atoms with Gasteiger partial charge >= 0.3 is 0 Å². The van der Waals surface area contributed by atoms with E-state index in [1.165, 1.54) is 42.1 Å². The lowest BCUT2D eigenvalue weighted by Gasteiger charge is -2.31. The minimum absolute atomic E-state index is 0.00415. The second-order valence-corrected chi connectivity index (χ2v) is 6.99. The van der Waals surface area contributed by atoms with Crippen LogP contribution in [0.3, 0.4) is 0 Å². The molecule has 0 unspecified atom stereocenters. The van der Waals surface area contributed by atoms with Crippen molar-refractivity contribution >= 4 is 35.2 Å². The maximum atomic E-state index is 13.4. The van der Waals surface area contributed by atoms with E-state index in [2.05, 4.69) is 0 Å². The van der Waals surface area contributed by atoms with Gasteiger partial charge in [-0.2, -0.15) is 0 Å². The number of rotatable bonds is 6. The summed E-state index contributed by atoms with van der Waals surface area (Å²) in [7, 11) is 3.05. The number of carbonyl (C=O) groups excluding carboxylic acids is 2. The van der Waals surface area contributed by atoms with Crippen molar-refractivity contribution in [3.63, 3.8) is 0 Å². The zero-order valence-electron chi connectivity index (χ0n) is 16.8. The normalized spacial score (nSPS) is 14.3. The van der Waals surface area contributed by atoms with Crippen LogP contribution in [-0.2, 0) is 16.2 Å². The second-order valence-electron chi connectivity index (χ2n) is 6.63. The predicted molar refractivity (Wildman–Crippen MR) is 114 cm³/mol. The Morgan fingerprint density at radius 3 is 2.33 bits per heavy atom. The Bertz CT molecular complexity index is 1010. The molecule has 156 valence electrons. The fourth-order valence-corrected chi connectivity index (χ4v) is 3.10. The fourth-order valence-electron chi connectivity index (χ4n) is 2.93. The molecule has 1 aliphatic heterocycles. The van der Waals surface area contributed by atoms with Gasteiger partial charge in [0.1, 0.15) is 18.0 Å². The number of carbonyl (C=O) groups is 2. The summed E-state index contributed by atoms with van der Waals surface area (Å²) in [6, 6.07) is 11.2. The molecule has 0 N–H and O–H groups in total. The minimum Gasteiger partial charge on any atom is -0.490 e. The van der Waals surface area contributed by atoms with E-state index in [0.29, 0.717) is 29.2 Å². The lowest BCUT2D eigenvalue weighted by atomic mass is 10.1. The van der Waals surface area contributed by atoms with Crippen LogP contribution < -0.4 is 9.47 Å². The van der Waals surface area contributed by atoms with Gasteiger partial charge in [-0.05, 0) is 60.6 Å². The van der Waals surface area contributed by atoms with Crippen molar-refractivity contribution in [2.24, 2.45) is 0 Å². The monoisotopic (exact) mass is 428 g/mol. The van der Waals surface area contributed by atoms with Gasteiger partial charge < -0.3 is 9.47 Å². The van der Waals surface area contributed by atoms with E-state index >= 15 is 0 Å². The Labute approximate surface area is 179 Å². The summed E-state index contributed by atoms with van der Waals surface area (Å²) in [5.41, 5.74) is 1.29. The van der Waals surface area contributed by atoms with Crippen molar-refractivity contribution in [3.05, 3.63) is 65.0 Å². The molecule has 2 amide bonds. The van der Waals surface area contributed by atoms with Crippen LogP contribution in [0.2, 0.25) is 0 Å². The smallest absolute Gasteiger partial charge is 0.265 e. The van der Waals surface area contributed by atoms with Crippen LogP contribution in [-0.4, -0.2) is 47.4 Å². The molecule has 2 aromatic rings. The fraction of sp³-hybridized carbons (Fsp3) is 0.227. The molecule has 0 aromatic heterocycles. The van der Waals surface area contributed by atoms with E-state index in [-0.39, 0.29) is 23.1 Å². The van der Waals surface area contributed by atoms with Crippen molar-refractivity contribution < 1.29 is 23.5 Å². The van der Waals surface area contributed by atoms with Crippen LogP contribution in [0, 0.1) is 5.82 Å². The van der Waals surface area contributed by atoms with Crippen LogP contribution in [0.1, 0.15) is 18.1 Å². The van der Waals surface area contributed by atoms with Crippen molar-refractivity contribution in [1.29, 1.82) is 0 Å². The molecule has 8 heteroatoms. The van der Waals surface area contributed by atoms with E-state index in [1.807, 2.05) is 6.92 Å². The van der Waals surface area contributed by atoms with Gasteiger partial charge in [0.2, 0.25) is 0 Å². The first kappa shape index (κ1) is 21.4. The van der Waals surface area contributed by atoms with Crippen LogP contribution in [0.15, 0.2) is 48.0 Å². The number of hydrogen-bond acceptors (Lipinski definition) is 5. The van der Waals surface area contributed by atoms with Gasteiger partial charge in [-0.1, -0.05) is 18.2 Å². The Morgan fingerprint density at radius 1 is 1.00 bits per heavy atom. The lowest BCUT2D eigenvalue weighted by molar-refractivity contribution is -0.132. The first-order chi connectivity index (χ1) is 14.3. The molecule has 0 spiro atoms. The van der Waals surface area contributed by atoms with Crippen LogP contribution in [0.5, 0.6) is 11.5 Å². The molecule has 1 aliphatic rings. The molecule has 0 saturated carbocycles. The Morgan fingerprint density at radius 2 is 1.70 bits per heavy atom. The highest BCUT2D eigenvalue weighted by molar-refractivity contribution is 7.80. The lowest BCUT2D eigenvalue weighted by Crippen LogP contribution is -2.52. The summed E-state index contributed by atoms with van der Waals surface area (Å²) in [6.45, 7) is 2.40. The topological polar surface area (TPSA) is 59.1 Å². The third-order valence-electron chi connectivity index (χ3n) is 4.51. The molecule has 6 nitrogen and oxygen atoms in total. The second kappa shape index (κ2) is 9.04. The van der Waals surface area contributed by atoms with Crippen LogP contribution in [0.4, 0.5) is 4.39 Å². The van der Waals surface area contributed by atoms with E-state index in [1.54, 1.807) is 30.3 Å². The molecule has 1 heterocycles. The summed E-state index contributed by atoms with van der Waals surface area (Å²) >= 11 is 5.10. The van der Waals surface area contributed by atoms with Crippen molar-refractivity contribution in [2.75, 3.05) is 20.7 Å². The summed E-state index contributed by atoms with van der Waals surface area (Å²) < 4.78 is 24.8. The van der Waals surface area contributed by atoms with Crippen LogP contribution >= 0.6 is 12.2 Å². The number of amides is 2. The number of likely N-dealkylation sites (N-methyl/N-ethyl adjacent to an activating group) is 2. The summed E-state index contributed by atoms with van der Waals surface area (Å²) in [6.07, 6.45) is 1.50. The van der Waals surface area contributed by atoms with Crippen molar-refractivity contribution in [1.82, 2.24) is 9.80 Å². The van der Waals surface area contributed by atoms with E-state index in [4.69, 9.17) is 21.7 Å². The van der Waals surface area contributed by atoms with Gasteiger partial charge in [0.25, 0.3) is 11.8 Å². The van der Waals surface area contributed by atoms with Crippen LogP contribution in [0.25, 0.3) is 6.08 Å². The zero-order chi connectivity index (χ0) is 21.8. The summed E-state index contributed by atoms with van der Waals surface area (Å²) in [4.78, 5) is 27.5. The third-order valence-corrected chi connectivity index (χ3v) is 5.05. The Kier molecular flexibility index (Phi) is 6.47. The molecular formula is C22H21FN2O4S. The number of thiocarbonyl (C=S) groups is 1. The van der Waals surface area contributed by atoms with Gasteiger partial charge in [-0.15, -0.1) is 0 Å². The molecule has 0 atom stereocenters. The van der Waals surface area contributed by atoms with E-state index in [0.717, 1.165) is 0 Å². The van der Waals surface area contributed by atoms with Crippen molar-refractivity contribution in [2.45, 2.75) is 13.5 Å². The molecular weight excluding hydrogens is 407 g/mol. The highest BCUT2D eigenvalue weighted by Crippen LogP contribution is 2.31. The number of nitrogens with zero attached hydrogens (tertiary/aromatic N) is 2. The molecule has 30 heavy (non-hydrogen) atoms. The van der Waals surface area contributed by atoms with Gasteiger partial charge in [-0.3, -0.25) is 19.4 Å². The molecule has 2 aromatic carbocycles. The first-order valence-corrected chi connectivity index (χ1v) is 9.68. The van der Waals surface area contributed by atoms with E-state index in [9.17, 15) is 14.0 Å². The molecule has 1 saturated heterocycles. The van der Waals surface area contributed by atoms with Crippen molar-refractivity contribution in [3.8, 4) is 11.5 Å². The summed E-state index contributed by atoms with van der Waals surface area (Å²) in [5, 5.41) is 0.151. The third kappa shape index (κ3) is 4.49. The maximum Gasteiger partial charge on any atom is 0.265 e. The summed E-state index contributed by atoms with van der Waals surface area (Å²) in [5.74, 6) is -0.338. The maximum absolute atomic E-state index is 13.4. The predicted octanol–water partition coefficient (Wildman–Crippen LogP) is 3.40. The molecule has 0 radical (unpaired) electrons. The number of benzene rings is 2. The standard InChI is InChI=1S/C22H21FN2O4S/c1-4-28-19-12-14(11-17-20(26)24(2)22(30)25(3)21(17)27)8-9-18(19)29-13-15-6-5-7-16(23)10-15/h5-12H,4,13H2,1-3H3. The average molecular weight is 428 g/mol. The van der Waals surface area contributed by atoms with Gasteiger partial charge in [0.15, 0.2) is 16.6 Å². The number of ether oxygens (including phenoxy) is 2. The van der Waals surface area contributed by atoms with Gasteiger partial charge in [-0.25, -0.2) is 4.39 Å². The van der Waals surface area contributed by atoms with Gasteiger partial charge in [0, 0.05) is 14.1 Å². The molecule has 1 fully saturated rings. The minimum atomic E-state index is -0.465.